The molecule has 7 heteroatoms. The maximum absolute atomic E-state index is 13.2. The van der Waals surface area contributed by atoms with Crippen molar-refractivity contribution in [3.63, 3.8) is 0 Å². The molecule has 0 fully saturated rings. The molecule has 0 saturated carbocycles. The average Bonchev–Trinajstić information content (AvgIpc) is 2.72. The highest BCUT2D eigenvalue weighted by molar-refractivity contribution is 9.10. The van der Waals surface area contributed by atoms with Gasteiger partial charge in [0, 0.05) is 17.4 Å². The zero-order chi connectivity index (χ0) is 24.8. The smallest absolute Gasteiger partial charge is 0.410 e. The van der Waals surface area contributed by atoms with Crippen LogP contribution in [0.25, 0.3) is 0 Å². The predicted octanol–water partition coefficient (Wildman–Crippen LogP) is 7.09. The molecule has 180 valence electrons. The second-order valence-electron chi connectivity index (χ2n) is 9.92. The first kappa shape index (κ1) is 27.3. The lowest BCUT2D eigenvalue weighted by molar-refractivity contribution is 0.0180. The standard InChI is InChI=1S/C26H35BrN2O3S/c1-19(20-13-15-22(27)16-14-20)29(24(30)32-25(2,3)4)18-17-23(21-11-9-8-10-12-21)28-33(31)26(5,6)7/h8-16,19H,17-18H2,1-7H3/t19-,33+/m0/s1. The number of ether oxygens (including phenoxy) is 1. The Morgan fingerprint density at radius 2 is 1.61 bits per heavy atom. The molecule has 0 bridgehead atoms. The summed E-state index contributed by atoms with van der Waals surface area (Å²) in [7, 11) is -1.41. The van der Waals surface area contributed by atoms with Crippen molar-refractivity contribution in [1.29, 1.82) is 0 Å². The van der Waals surface area contributed by atoms with Crippen molar-refractivity contribution in [1.82, 2.24) is 4.90 Å². The molecule has 0 aliphatic rings. The fraction of sp³-hybridized carbons (Fsp3) is 0.462. The Kier molecular flexibility index (Phi) is 9.44. The van der Waals surface area contributed by atoms with Crippen LogP contribution in [-0.2, 0) is 15.7 Å². The average molecular weight is 536 g/mol. The van der Waals surface area contributed by atoms with Crippen LogP contribution in [0.2, 0.25) is 0 Å². The summed E-state index contributed by atoms with van der Waals surface area (Å²) >= 11 is 3.46. The lowest BCUT2D eigenvalue weighted by atomic mass is 10.0. The van der Waals surface area contributed by atoms with Crippen LogP contribution in [0.5, 0.6) is 0 Å². The summed E-state index contributed by atoms with van der Waals surface area (Å²) in [6, 6.07) is 17.4. The molecule has 0 aliphatic heterocycles. The van der Waals surface area contributed by atoms with Crippen molar-refractivity contribution in [2.75, 3.05) is 6.54 Å². The molecule has 2 atom stereocenters. The Hall–Kier alpha value is -1.99. The highest BCUT2D eigenvalue weighted by Crippen LogP contribution is 2.25. The Balaban J connectivity index is 2.37. The molecule has 0 spiro atoms. The van der Waals surface area contributed by atoms with Gasteiger partial charge in [-0.1, -0.05) is 58.4 Å². The van der Waals surface area contributed by atoms with E-state index in [4.69, 9.17) is 4.74 Å². The van der Waals surface area contributed by atoms with E-state index in [-0.39, 0.29) is 12.1 Å². The van der Waals surface area contributed by atoms with Crippen LogP contribution in [0.4, 0.5) is 4.79 Å². The molecule has 2 aromatic rings. The summed E-state index contributed by atoms with van der Waals surface area (Å²) in [4.78, 5) is 14.9. The van der Waals surface area contributed by atoms with Crippen molar-refractivity contribution in [3.8, 4) is 0 Å². The van der Waals surface area contributed by atoms with Crippen molar-refractivity contribution < 1.29 is 13.7 Å². The number of benzene rings is 2. The first-order chi connectivity index (χ1) is 15.3. The van der Waals surface area contributed by atoms with Gasteiger partial charge in [-0.3, -0.25) is 0 Å². The number of rotatable bonds is 7. The molecule has 5 nitrogen and oxygen atoms in total. The minimum absolute atomic E-state index is 0.210. The van der Waals surface area contributed by atoms with E-state index in [1.807, 2.05) is 103 Å². The summed E-state index contributed by atoms with van der Waals surface area (Å²) in [5.74, 6) is 0. The van der Waals surface area contributed by atoms with E-state index >= 15 is 0 Å². The van der Waals surface area contributed by atoms with Crippen LogP contribution >= 0.6 is 15.9 Å². The minimum Gasteiger partial charge on any atom is -0.444 e. The number of halogens is 1. The number of hydrogen-bond acceptors (Lipinski definition) is 3. The van der Waals surface area contributed by atoms with Gasteiger partial charge in [0.25, 0.3) is 0 Å². The normalized spacial score (nSPS) is 14.5. The summed E-state index contributed by atoms with van der Waals surface area (Å²) in [6.07, 6.45) is 0.0636. The van der Waals surface area contributed by atoms with Crippen molar-refractivity contribution >= 4 is 38.7 Å². The summed E-state index contributed by atoms with van der Waals surface area (Å²) in [5.41, 5.74) is 2.00. The molecule has 0 aliphatic carbocycles. The van der Waals surface area contributed by atoms with Gasteiger partial charge < -0.3 is 9.64 Å². The maximum Gasteiger partial charge on any atom is 0.410 e. The second kappa shape index (κ2) is 11.4. The Morgan fingerprint density at radius 1 is 1.03 bits per heavy atom. The van der Waals surface area contributed by atoms with Crippen LogP contribution in [0.15, 0.2) is 63.5 Å². The van der Waals surface area contributed by atoms with E-state index in [1.165, 1.54) is 0 Å². The van der Waals surface area contributed by atoms with Gasteiger partial charge in [-0.2, -0.15) is 4.40 Å². The zero-order valence-corrected chi connectivity index (χ0v) is 23.0. The third-order valence-electron chi connectivity index (χ3n) is 4.86. The quantitative estimate of drug-likeness (QED) is 0.356. The van der Waals surface area contributed by atoms with Gasteiger partial charge in [-0.15, -0.1) is 0 Å². The van der Waals surface area contributed by atoms with E-state index < -0.39 is 21.3 Å². The summed E-state index contributed by atoms with van der Waals surface area (Å²) < 4.78 is 23.6. The molecular weight excluding hydrogens is 500 g/mol. The molecule has 0 radical (unpaired) electrons. The van der Waals surface area contributed by atoms with Crippen LogP contribution < -0.4 is 0 Å². The molecule has 0 N–H and O–H groups in total. The van der Waals surface area contributed by atoms with Gasteiger partial charge in [-0.05, 0) is 71.7 Å². The fourth-order valence-electron chi connectivity index (χ4n) is 3.02. The van der Waals surface area contributed by atoms with Crippen LogP contribution in [-0.4, -0.2) is 37.8 Å². The van der Waals surface area contributed by atoms with Crippen molar-refractivity contribution in [2.24, 2.45) is 4.40 Å². The van der Waals surface area contributed by atoms with E-state index in [2.05, 4.69) is 20.3 Å². The molecule has 0 heterocycles. The van der Waals surface area contributed by atoms with Gasteiger partial charge in [0.15, 0.2) is 0 Å². The van der Waals surface area contributed by atoms with Crippen LogP contribution in [0, 0.1) is 0 Å². The van der Waals surface area contributed by atoms with Crippen molar-refractivity contribution in [2.45, 2.75) is 71.3 Å². The monoisotopic (exact) mass is 534 g/mol. The van der Waals surface area contributed by atoms with E-state index in [0.717, 1.165) is 15.6 Å². The fourth-order valence-corrected chi connectivity index (χ4v) is 3.96. The highest BCUT2D eigenvalue weighted by atomic mass is 79.9. The number of hydrogen-bond donors (Lipinski definition) is 0. The Labute approximate surface area is 209 Å². The Bertz CT molecular complexity index is 977. The molecule has 2 rings (SSSR count). The summed E-state index contributed by atoms with van der Waals surface area (Å²) in [5, 5.41) is 0. The molecule has 0 aromatic heterocycles. The predicted molar refractivity (Wildman–Crippen MR) is 141 cm³/mol. The van der Waals surface area contributed by atoms with Crippen LogP contribution in [0.3, 0.4) is 0 Å². The lowest BCUT2D eigenvalue weighted by Crippen LogP contribution is -2.39. The zero-order valence-electron chi connectivity index (χ0n) is 20.6. The molecule has 0 unspecified atom stereocenters. The molecular formula is C26H35BrN2O3S. The largest absolute Gasteiger partial charge is 0.444 e. The van der Waals surface area contributed by atoms with Gasteiger partial charge in [0.1, 0.15) is 16.6 Å². The SMILES string of the molecule is C[C@@H](c1ccc(Br)cc1)N(CCC(=N[S@](=O)C(C)(C)C)c1ccccc1)C(=O)OC(C)(C)C. The number of nitrogens with zero attached hydrogens (tertiary/aromatic N) is 2. The van der Waals surface area contributed by atoms with Crippen LogP contribution in [0.1, 0.15) is 72.1 Å². The molecule has 0 saturated heterocycles. The van der Waals surface area contributed by atoms with Gasteiger partial charge in [0.05, 0.1) is 16.5 Å². The minimum atomic E-state index is -1.41. The topological polar surface area (TPSA) is 59.0 Å². The van der Waals surface area contributed by atoms with E-state index in [9.17, 15) is 9.00 Å². The number of carbonyl (C=O) groups is 1. The van der Waals surface area contributed by atoms with Gasteiger partial charge in [-0.25, -0.2) is 9.00 Å². The van der Waals surface area contributed by atoms with E-state index in [1.54, 1.807) is 4.90 Å². The van der Waals surface area contributed by atoms with Gasteiger partial charge in [0.2, 0.25) is 0 Å². The first-order valence-corrected chi connectivity index (χ1v) is 13.0. The molecule has 33 heavy (non-hydrogen) atoms. The third-order valence-corrected chi connectivity index (χ3v) is 6.82. The number of carbonyl (C=O) groups excluding carboxylic acids is 1. The first-order valence-electron chi connectivity index (χ1n) is 11.1. The number of amides is 1. The second-order valence-corrected chi connectivity index (χ2v) is 12.7. The highest BCUT2D eigenvalue weighted by Gasteiger charge is 2.28. The van der Waals surface area contributed by atoms with Gasteiger partial charge >= 0.3 is 6.09 Å². The molecule has 1 amide bonds. The van der Waals surface area contributed by atoms with Crippen molar-refractivity contribution in [3.05, 3.63) is 70.2 Å². The lowest BCUT2D eigenvalue weighted by Gasteiger charge is -2.32. The third kappa shape index (κ3) is 8.70. The summed E-state index contributed by atoms with van der Waals surface area (Å²) in [6.45, 7) is 13.6. The van der Waals surface area contributed by atoms with E-state index in [0.29, 0.717) is 18.7 Å². The maximum atomic E-state index is 13.2. The Morgan fingerprint density at radius 3 is 2.12 bits per heavy atom. The molecule has 2 aromatic carbocycles.